The van der Waals surface area contributed by atoms with E-state index in [0.717, 1.165) is 5.56 Å². The second-order valence-electron chi connectivity index (χ2n) is 5.59. The number of rotatable bonds is 4. The summed E-state index contributed by atoms with van der Waals surface area (Å²) in [4.78, 5) is 0. The first-order chi connectivity index (χ1) is 9.87. The molecule has 1 unspecified atom stereocenters. The molecule has 0 heterocycles. The minimum atomic E-state index is -0.620. The van der Waals surface area contributed by atoms with Crippen molar-refractivity contribution in [2.45, 2.75) is 25.3 Å². The van der Waals surface area contributed by atoms with Gasteiger partial charge in [0, 0.05) is 17.0 Å². The summed E-state index contributed by atoms with van der Waals surface area (Å²) in [6.07, 6.45) is 0. The highest BCUT2D eigenvalue weighted by Crippen LogP contribution is 2.38. The van der Waals surface area contributed by atoms with Gasteiger partial charge in [-0.1, -0.05) is 32.0 Å². The topological polar surface area (TPSA) is 12.0 Å². The lowest BCUT2D eigenvalue weighted by Crippen LogP contribution is -2.36. The Morgan fingerprint density at radius 3 is 1.90 bits per heavy atom. The van der Waals surface area contributed by atoms with Gasteiger partial charge in [0.2, 0.25) is 0 Å². The zero-order chi connectivity index (χ0) is 15.6. The maximum absolute atomic E-state index is 14.1. The van der Waals surface area contributed by atoms with Crippen molar-refractivity contribution in [1.29, 1.82) is 0 Å². The van der Waals surface area contributed by atoms with Gasteiger partial charge in [0.25, 0.3) is 0 Å². The van der Waals surface area contributed by atoms with Gasteiger partial charge in [-0.2, -0.15) is 0 Å². The standard InChI is InChI=1S/C17H18F3N/c1-17(2,11-7-9-12(18)10-8-11)16(21-3)15-13(19)5-4-6-14(15)20/h4-10,16,21H,1-3H3. The quantitative estimate of drug-likeness (QED) is 0.884. The number of benzene rings is 2. The van der Waals surface area contributed by atoms with Crippen LogP contribution in [0.4, 0.5) is 13.2 Å². The highest BCUT2D eigenvalue weighted by atomic mass is 19.1. The molecule has 0 bridgehead atoms. The van der Waals surface area contributed by atoms with E-state index in [9.17, 15) is 13.2 Å². The smallest absolute Gasteiger partial charge is 0.130 e. The molecule has 0 aliphatic heterocycles. The number of halogens is 3. The highest BCUT2D eigenvalue weighted by Gasteiger charge is 2.35. The minimum Gasteiger partial charge on any atom is -0.312 e. The number of nitrogens with one attached hydrogen (secondary N) is 1. The third-order valence-electron chi connectivity index (χ3n) is 3.89. The SMILES string of the molecule is CNC(c1c(F)cccc1F)C(C)(C)c1ccc(F)cc1. The Hall–Kier alpha value is -1.81. The molecule has 4 heteroatoms. The van der Waals surface area contributed by atoms with E-state index in [0.29, 0.717) is 0 Å². The van der Waals surface area contributed by atoms with Crippen LogP contribution < -0.4 is 5.32 Å². The van der Waals surface area contributed by atoms with E-state index in [4.69, 9.17) is 0 Å². The van der Waals surface area contributed by atoms with Crippen molar-refractivity contribution in [2.24, 2.45) is 0 Å². The number of hydrogen-bond acceptors (Lipinski definition) is 1. The van der Waals surface area contributed by atoms with E-state index in [2.05, 4.69) is 5.32 Å². The molecule has 0 amide bonds. The lowest BCUT2D eigenvalue weighted by atomic mass is 9.74. The molecule has 1 nitrogen and oxygen atoms in total. The highest BCUT2D eigenvalue weighted by molar-refractivity contribution is 5.33. The van der Waals surface area contributed by atoms with Gasteiger partial charge in [0.05, 0.1) is 0 Å². The Labute approximate surface area is 122 Å². The van der Waals surface area contributed by atoms with Gasteiger partial charge in [-0.15, -0.1) is 0 Å². The average molecular weight is 293 g/mol. The molecule has 0 saturated carbocycles. The Bertz CT molecular complexity index is 600. The van der Waals surface area contributed by atoms with Crippen LogP contribution in [-0.4, -0.2) is 7.05 Å². The van der Waals surface area contributed by atoms with Crippen LogP contribution in [-0.2, 0) is 5.41 Å². The van der Waals surface area contributed by atoms with E-state index in [-0.39, 0.29) is 11.4 Å². The van der Waals surface area contributed by atoms with Gasteiger partial charge in [-0.25, -0.2) is 13.2 Å². The molecule has 0 aliphatic rings. The van der Waals surface area contributed by atoms with E-state index in [1.54, 1.807) is 19.2 Å². The molecule has 2 aromatic carbocycles. The number of hydrogen-bond donors (Lipinski definition) is 1. The summed E-state index contributed by atoms with van der Waals surface area (Å²) in [6, 6.07) is 9.21. The second-order valence-corrected chi connectivity index (χ2v) is 5.59. The zero-order valence-corrected chi connectivity index (χ0v) is 12.3. The molecule has 112 valence electrons. The van der Waals surface area contributed by atoms with Crippen LogP contribution in [0.3, 0.4) is 0 Å². The molecule has 0 aliphatic carbocycles. The van der Waals surface area contributed by atoms with Crippen molar-refractivity contribution in [3.8, 4) is 0 Å². The molecule has 21 heavy (non-hydrogen) atoms. The van der Waals surface area contributed by atoms with E-state index in [1.807, 2.05) is 13.8 Å². The third-order valence-corrected chi connectivity index (χ3v) is 3.89. The van der Waals surface area contributed by atoms with Crippen molar-refractivity contribution in [1.82, 2.24) is 5.32 Å². The van der Waals surface area contributed by atoms with E-state index >= 15 is 0 Å². The third kappa shape index (κ3) is 2.95. The van der Waals surface area contributed by atoms with Gasteiger partial charge in [0.15, 0.2) is 0 Å². The Kier molecular flexibility index (Phi) is 4.37. The Morgan fingerprint density at radius 1 is 0.905 bits per heavy atom. The van der Waals surface area contributed by atoms with Crippen LogP contribution in [0.5, 0.6) is 0 Å². The fourth-order valence-corrected chi connectivity index (χ4v) is 2.70. The molecular formula is C17H18F3N. The van der Waals surface area contributed by atoms with Crippen molar-refractivity contribution in [2.75, 3.05) is 7.05 Å². The molecule has 0 fully saturated rings. The second kappa shape index (κ2) is 5.90. The lowest BCUT2D eigenvalue weighted by molar-refractivity contribution is 0.344. The normalized spacial score (nSPS) is 13.2. The molecule has 0 aromatic heterocycles. The van der Waals surface area contributed by atoms with Gasteiger partial charge in [-0.3, -0.25) is 0 Å². The van der Waals surface area contributed by atoms with Crippen LogP contribution in [0.2, 0.25) is 0 Å². The molecule has 0 spiro atoms. The Morgan fingerprint density at radius 2 is 1.43 bits per heavy atom. The van der Waals surface area contributed by atoms with Crippen molar-refractivity contribution >= 4 is 0 Å². The molecule has 1 N–H and O–H groups in total. The van der Waals surface area contributed by atoms with E-state index < -0.39 is 23.1 Å². The molecule has 1 atom stereocenters. The molecule has 0 radical (unpaired) electrons. The summed E-state index contributed by atoms with van der Waals surface area (Å²) in [6.45, 7) is 3.74. The summed E-state index contributed by atoms with van der Waals surface area (Å²) in [5.74, 6) is -1.53. The fraction of sp³-hybridized carbons (Fsp3) is 0.294. The first kappa shape index (κ1) is 15.6. The van der Waals surface area contributed by atoms with Crippen LogP contribution in [0.1, 0.15) is 31.0 Å². The summed E-state index contributed by atoms with van der Waals surface area (Å²) in [5, 5.41) is 2.98. The first-order valence-corrected chi connectivity index (χ1v) is 6.75. The van der Waals surface area contributed by atoms with Crippen LogP contribution in [0.15, 0.2) is 42.5 Å². The van der Waals surface area contributed by atoms with Crippen LogP contribution in [0.25, 0.3) is 0 Å². The largest absolute Gasteiger partial charge is 0.312 e. The summed E-state index contributed by atoms with van der Waals surface area (Å²) in [5.41, 5.74) is 0.172. The first-order valence-electron chi connectivity index (χ1n) is 6.75. The van der Waals surface area contributed by atoms with Crippen LogP contribution >= 0.6 is 0 Å². The van der Waals surface area contributed by atoms with Gasteiger partial charge < -0.3 is 5.32 Å². The molecular weight excluding hydrogens is 275 g/mol. The van der Waals surface area contributed by atoms with E-state index in [1.165, 1.54) is 30.3 Å². The minimum absolute atomic E-state index is 0.00525. The predicted molar refractivity (Wildman–Crippen MR) is 77.6 cm³/mol. The number of likely N-dealkylation sites (N-methyl/N-ethyl adjacent to an activating group) is 1. The predicted octanol–water partition coefficient (Wildman–Crippen LogP) is 4.34. The van der Waals surface area contributed by atoms with Crippen molar-refractivity contribution < 1.29 is 13.2 Å². The molecule has 2 rings (SSSR count). The van der Waals surface area contributed by atoms with Crippen molar-refractivity contribution in [3.05, 3.63) is 71.0 Å². The average Bonchev–Trinajstić information content (AvgIpc) is 2.43. The summed E-state index contributed by atoms with van der Waals surface area (Å²) in [7, 11) is 1.65. The monoisotopic (exact) mass is 293 g/mol. The maximum atomic E-state index is 14.1. The Balaban J connectivity index is 2.51. The van der Waals surface area contributed by atoms with Gasteiger partial charge in [-0.05, 0) is 36.9 Å². The zero-order valence-electron chi connectivity index (χ0n) is 12.3. The van der Waals surface area contributed by atoms with Crippen molar-refractivity contribution in [3.63, 3.8) is 0 Å². The molecule has 0 saturated heterocycles. The van der Waals surface area contributed by atoms with Crippen LogP contribution in [0, 0.1) is 17.5 Å². The maximum Gasteiger partial charge on any atom is 0.130 e. The van der Waals surface area contributed by atoms with Gasteiger partial charge >= 0.3 is 0 Å². The summed E-state index contributed by atoms with van der Waals surface area (Å²) >= 11 is 0. The fourth-order valence-electron chi connectivity index (χ4n) is 2.70. The molecule has 2 aromatic rings. The summed E-state index contributed by atoms with van der Waals surface area (Å²) < 4.78 is 41.2. The van der Waals surface area contributed by atoms with Gasteiger partial charge in [0.1, 0.15) is 17.5 Å². The lowest BCUT2D eigenvalue weighted by Gasteiger charge is -2.35.